The molecule has 140 valence electrons. The van der Waals surface area contributed by atoms with E-state index in [0.717, 1.165) is 11.1 Å². The van der Waals surface area contributed by atoms with E-state index >= 15 is 0 Å². The first-order chi connectivity index (χ1) is 12.9. The summed E-state index contributed by atoms with van der Waals surface area (Å²) in [5.41, 5.74) is 2.30. The Balaban J connectivity index is 2.05. The summed E-state index contributed by atoms with van der Waals surface area (Å²) in [7, 11) is 0. The molecule has 7 heteroatoms. The van der Waals surface area contributed by atoms with Gasteiger partial charge in [-0.2, -0.15) is 0 Å². The van der Waals surface area contributed by atoms with Gasteiger partial charge in [-0.1, -0.05) is 38.1 Å². The van der Waals surface area contributed by atoms with Crippen molar-refractivity contribution in [3.8, 4) is 0 Å². The van der Waals surface area contributed by atoms with E-state index in [2.05, 4.69) is 10.3 Å². The average molecular weight is 367 g/mol. The van der Waals surface area contributed by atoms with Crippen molar-refractivity contribution in [2.45, 2.75) is 33.2 Å². The minimum Gasteiger partial charge on any atom is -0.456 e. The number of fused-ring (bicyclic) bond motifs is 1. The van der Waals surface area contributed by atoms with Crippen LogP contribution in [-0.4, -0.2) is 22.1 Å². The molecule has 3 heterocycles. The third-order valence-corrected chi connectivity index (χ3v) is 5.02. The summed E-state index contributed by atoms with van der Waals surface area (Å²) >= 11 is 0. The molecule has 1 atom stereocenters. The second kappa shape index (κ2) is 6.26. The predicted molar refractivity (Wildman–Crippen MR) is 101 cm³/mol. The first-order valence-corrected chi connectivity index (χ1v) is 8.98. The Morgan fingerprint density at radius 1 is 1.22 bits per heavy atom. The number of ether oxygens (including phenoxy) is 1. The number of carbonyl (C=O) groups excluding carboxylic acids is 1. The van der Waals surface area contributed by atoms with E-state index in [0.29, 0.717) is 29.2 Å². The fourth-order valence-electron chi connectivity index (χ4n) is 3.85. The van der Waals surface area contributed by atoms with Gasteiger partial charge in [0.25, 0.3) is 5.56 Å². The van der Waals surface area contributed by atoms with Crippen LogP contribution in [0.4, 0.5) is 5.82 Å². The Kier molecular flexibility index (Phi) is 4.02. The standard InChI is InChI=1S/C20H21N3O4/c1-10(2)8-23-17-16(18(24)22-20(23)26)14(12-7-5-4-6-11(12)3)15-13(21-17)9-27-19(15)25/h4-7,10,14,21H,8-9H2,1-3H3,(H,22,24,26). The number of aromatic amines is 1. The lowest BCUT2D eigenvalue weighted by Crippen LogP contribution is -2.39. The first-order valence-electron chi connectivity index (χ1n) is 8.98. The molecule has 0 fully saturated rings. The maximum atomic E-state index is 12.8. The molecule has 2 aromatic rings. The molecule has 1 aromatic carbocycles. The number of aryl methyl sites for hydroxylation is 1. The summed E-state index contributed by atoms with van der Waals surface area (Å²) in [6.07, 6.45) is 0. The van der Waals surface area contributed by atoms with Gasteiger partial charge in [0.1, 0.15) is 12.4 Å². The van der Waals surface area contributed by atoms with Crippen molar-refractivity contribution >= 4 is 11.8 Å². The van der Waals surface area contributed by atoms with E-state index in [-0.39, 0.29) is 12.5 Å². The van der Waals surface area contributed by atoms with E-state index in [1.165, 1.54) is 0 Å². The summed E-state index contributed by atoms with van der Waals surface area (Å²) in [5.74, 6) is -0.358. The molecule has 2 aliphatic rings. The fraction of sp³-hybridized carbons (Fsp3) is 0.350. The lowest BCUT2D eigenvalue weighted by Gasteiger charge is -2.29. The maximum Gasteiger partial charge on any atom is 0.337 e. The van der Waals surface area contributed by atoms with Crippen LogP contribution >= 0.6 is 0 Å². The quantitative estimate of drug-likeness (QED) is 0.808. The number of nitrogens with zero attached hydrogens (tertiary/aromatic N) is 1. The molecule has 0 aliphatic carbocycles. The van der Waals surface area contributed by atoms with Gasteiger partial charge in [-0.3, -0.25) is 14.3 Å². The van der Waals surface area contributed by atoms with E-state index < -0.39 is 23.1 Å². The van der Waals surface area contributed by atoms with Crippen LogP contribution in [-0.2, 0) is 16.1 Å². The number of nitrogens with one attached hydrogen (secondary N) is 2. The van der Waals surface area contributed by atoms with Gasteiger partial charge < -0.3 is 10.1 Å². The van der Waals surface area contributed by atoms with Crippen molar-refractivity contribution in [3.63, 3.8) is 0 Å². The van der Waals surface area contributed by atoms with Crippen molar-refractivity contribution in [2.24, 2.45) is 5.92 Å². The van der Waals surface area contributed by atoms with Crippen LogP contribution in [0.25, 0.3) is 0 Å². The molecule has 4 rings (SSSR count). The predicted octanol–water partition coefficient (Wildman–Crippen LogP) is 1.87. The molecule has 2 aliphatic heterocycles. The number of rotatable bonds is 3. The number of hydrogen-bond acceptors (Lipinski definition) is 5. The average Bonchev–Trinajstić information content (AvgIpc) is 2.98. The van der Waals surface area contributed by atoms with E-state index in [4.69, 9.17) is 4.74 Å². The number of anilines is 1. The summed E-state index contributed by atoms with van der Waals surface area (Å²) in [4.78, 5) is 40.2. The van der Waals surface area contributed by atoms with Crippen molar-refractivity contribution in [3.05, 3.63) is 73.1 Å². The van der Waals surface area contributed by atoms with Crippen LogP contribution in [0.2, 0.25) is 0 Å². The lowest BCUT2D eigenvalue weighted by molar-refractivity contribution is -0.136. The zero-order chi connectivity index (χ0) is 19.3. The minimum absolute atomic E-state index is 0.110. The summed E-state index contributed by atoms with van der Waals surface area (Å²) in [5, 5.41) is 3.14. The third kappa shape index (κ3) is 2.70. The van der Waals surface area contributed by atoms with Crippen molar-refractivity contribution in [1.82, 2.24) is 9.55 Å². The van der Waals surface area contributed by atoms with Gasteiger partial charge in [0.05, 0.1) is 22.8 Å². The zero-order valence-electron chi connectivity index (χ0n) is 15.5. The maximum absolute atomic E-state index is 12.8. The van der Waals surface area contributed by atoms with Crippen LogP contribution in [0.3, 0.4) is 0 Å². The van der Waals surface area contributed by atoms with Gasteiger partial charge in [0, 0.05) is 6.54 Å². The molecule has 0 bridgehead atoms. The van der Waals surface area contributed by atoms with Crippen LogP contribution in [0.5, 0.6) is 0 Å². The Morgan fingerprint density at radius 3 is 2.67 bits per heavy atom. The van der Waals surface area contributed by atoms with E-state index in [1.807, 2.05) is 45.0 Å². The molecule has 0 spiro atoms. The van der Waals surface area contributed by atoms with Gasteiger partial charge in [-0.25, -0.2) is 9.59 Å². The largest absolute Gasteiger partial charge is 0.456 e. The number of aromatic nitrogens is 2. The molecule has 0 saturated heterocycles. The van der Waals surface area contributed by atoms with Gasteiger partial charge in [-0.05, 0) is 24.0 Å². The number of carbonyl (C=O) groups is 1. The molecular formula is C20H21N3O4. The molecule has 2 N–H and O–H groups in total. The number of cyclic esters (lactones) is 1. The van der Waals surface area contributed by atoms with Crippen molar-refractivity contribution in [1.29, 1.82) is 0 Å². The summed E-state index contributed by atoms with van der Waals surface area (Å²) < 4.78 is 6.78. The SMILES string of the molecule is Cc1ccccc1C1C2=C(COC2=O)Nc2c1c(=O)[nH]c(=O)n2CC(C)C. The Bertz CT molecular complexity index is 1090. The summed E-state index contributed by atoms with van der Waals surface area (Å²) in [6, 6.07) is 7.63. The molecule has 1 aromatic heterocycles. The number of H-pyrrole nitrogens is 1. The normalized spacial score (nSPS) is 18.2. The molecule has 1 unspecified atom stereocenters. The second-order valence-corrected chi connectivity index (χ2v) is 7.41. The lowest BCUT2D eigenvalue weighted by atomic mass is 9.81. The van der Waals surface area contributed by atoms with E-state index in [1.54, 1.807) is 4.57 Å². The summed E-state index contributed by atoms with van der Waals surface area (Å²) in [6.45, 7) is 6.49. The first kappa shape index (κ1) is 17.3. The molecule has 0 radical (unpaired) electrons. The van der Waals surface area contributed by atoms with E-state index in [9.17, 15) is 14.4 Å². The third-order valence-electron chi connectivity index (χ3n) is 5.02. The number of benzene rings is 1. The molecule has 27 heavy (non-hydrogen) atoms. The fourth-order valence-corrected chi connectivity index (χ4v) is 3.85. The van der Waals surface area contributed by atoms with Crippen molar-refractivity contribution in [2.75, 3.05) is 11.9 Å². The molecular weight excluding hydrogens is 346 g/mol. The Hall–Kier alpha value is -3.09. The Morgan fingerprint density at radius 2 is 1.96 bits per heavy atom. The number of esters is 1. The number of hydrogen-bond donors (Lipinski definition) is 2. The molecule has 0 amide bonds. The van der Waals surface area contributed by atoms with Gasteiger partial charge >= 0.3 is 11.7 Å². The van der Waals surface area contributed by atoms with Crippen LogP contribution in [0, 0.1) is 12.8 Å². The van der Waals surface area contributed by atoms with Crippen molar-refractivity contribution < 1.29 is 9.53 Å². The molecule has 0 saturated carbocycles. The smallest absolute Gasteiger partial charge is 0.337 e. The topological polar surface area (TPSA) is 93.2 Å². The zero-order valence-corrected chi connectivity index (χ0v) is 15.5. The highest BCUT2D eigenvalue weighted by molar-refractivity contribution is 5.97. The highest BCUT2D eigenvalue weighted by Crippen LogP contribution is 2.43. The van der Waals surface area contributed by atoms with Gasteiger partial charge in [0.15, 0.2) is 0 Å². The minimum atomic E-state index is -0.574. The van der Waals surface area contributed by atoms with Gasteiger partial charge in [-0.15, -0.1) is 0 Å². The molecule has 7 nitrogen and oxygen atoms in total. The Labute approximate surface area is 155 Å². The van der Waals surface area contributed by atoms with Crippen LogP contribution in [0.1, 0.15) is 36.5 Å². The van der Waals surface area contributed by atoms with Crippen LogP contribution in [0.15, 0.2) is 45.1 Å². The second-order valence-electron chi connectivity index (χ2n) is 7.41. The highest BCUT2D eigenvalue weighted by atomic mass is 16.5. The monoisotopic (exact) mass is 367 g/mol. The highest BCUT2D eigenvalue weighted by Gasteiger charge is 2.41. The van der Waals surface area contributed by atoms with Gasteiger partial charge in [0.2, 0.25) is 0 Å². The van der Waals surface area contributed by atoms with Crippen LogP contribution < -0.4 is 16.6 Å².